The van der Waals surface area contributed by atoms with Crippen molar-refractivity contribution in [2.75, 3.05) is 50.6 Å². The summed E-state index contributed by atoms with van der Waals surface area (Å²) in [5, 5.41) is 0. The molecule has 0 saturated carbocycles. The Bertz CT molecular complexity index is 1020. The van der Waals surface area contributed by atoms with E-state index in [4.69, 9.17) is 22.0 Å². The van der Waals surface area contributed by atoms with Gasteiger partial charge in [0, 0.05) is 61.9 Å². The third-order valence-electron chi connectivity index (χ3n) is 6.99. The number of ether oxygens (including phenoxy) is 1. The van der Waals surface area contributed by atoms with E-state index in [1.807, 2.05) is 29.7 Å². The lowest BCUT2D eigenvalue weighted by Gasteiger charge is -2.43. The van der Waals surface area contributed by atoms with Crippen LogP contribution in [-0.4, -0.2) is 61.3 Å². The van der Waals surface area contributed by atoms with Crippen LogP contribution >= 0.6 is 0 Å². The highest BCUT2D eigenvalue weighted by Gasteiger charge is 2.38. The molecule has 2 aliphatic rings. The minimum absolute atomic E-state index is 0.0618. The summed E-state index contributed by atoms with van der Waals surface area (Å²) in [5.74, 6) is 4.41. The van der Waals surface area contributed by atoms with Gasteiger partial charge in [0.2, 0.25) is 0 Å². The van der Waals surface area contributed by atoms with Crippen molar-refractivity contribution in [1.29, 1.82) is 0 Å². The monoisotopic (exact) mass is 492 g/mol. The van der Waals surface area contributed by atoms with Crippen LogP contribution < -0.4 is 27.5 Å². The number of hydrazine groups is 1. The molecule has 0 bridgehead atoms. The Morgan fingerprint density at radius 2 is 1.89 bits per heavy atom. The zero-order chi connectivity index (χ0) is 25.3. The Morgan fingerprint density at radius 3 is 2.49 bits per heavy atom. The summed E-state index contributed by atoms with van der Waals surface area (Å²) in [6, 6.07) is 5.01. The molecule has 3 unspecified atom stereocenters. The molecule has 1 saturated heterocycles. The number of rotatable bonds is 9. The predicted molar refractivity (Wildman–Crippen MR) is 132 cm³/mol. The highest BCUT2D eigenvalue weighted by molar-refractivity contribution is 5.72. The fourth-order valence-electron chi connectivity index (χ4n) is 5.23. The maximum atomic E-state index is 15.5. The fraction of sp³-hybridized carbons (Fsp3) is 0.520. The van der Waals surface area contributed by atoms with Gasteiger partial charge in [0.25, 0.3) is 0 Å². The molecule has 0 radical (unpaired) electrons. The highest BCUT2D eigenvalue weighted by Crippen LogP contribution is 2.44. The number of halogens is 3. The van der Waals surface area contributed by atoms with Gasteiger partial charge < -0.3 is 21.6 Å². The fourth-order valence-corrected chi connectivity index (χ4v) is 5.23. The lowest BCUT2D eigenvalue weighted by molar-refractivity contribution is 0.0667. The van der Waals surface area contributed by atoms with E-state index in [1.54, 1.807) is 6.07 Å². The van der Waals surface area contributed by atoms with Crippen LogP contribution in [0.2, 0.25) is 0 Å². The summed E-state index contributed by atoms with van der Waals surface area (Å²) >= 11 is 0. The average molecular weight is 493 g/mol. The summed E-state index contributed by atoms with van der Waals surface area (Å²) in [7, 11) is 0. The molecule has 7 N–H and O–H groups in total. The first-order valence-electron chi connectivity index (χ1n) is 12.0. The maximum Gasteiger partial charge on any atom is 0.134 e. The largest absolute Gasteiger partial charge is 0.492 e. The molecule has 0 amide bonds. The van der Waals surface area contributed by atoms with Crippen molar-refractivity contribution in [3.8, 4) is 5.75 Å². The van der Waals surface area contributed by atoms with Crippen molar-refractivity contribution in [1.82, 2.24) is 9.80 Å². The molecule has 2 heterocycles. The maximum absolute atomic E-state index is 15.5. The number of anilines is 2. The average Bonchev–Trinajstić information content (AvgIpc) is 2.77. The molecule has 7 nitrogen and oxygen atoms in total. The van der Waals surface area contributed by atoms with Gasteiger partial charge in [-0.2, -0.15) is 0 Å². The van der Waals surface area contributed by atoms with Gasteiger partial charge in [0.15, 0.2) is 0 Å². The number of fused-ring (bicyclic) bond motifs is 1. The first-order valence-corrected chi connectivity index (χ1v) is 12.0. The number of nitrogen functional groups attached to an aromatic ring is 2. The van der Waals surface area contributed by atoms with Gasteiger partial charge in [-0.05, 0) is 37.5 Å². The van der Waals surface area contributed by atoms with E-state index in [1.165, 1.54) is 12.1 Å². The topological polar surface area (TPSA) is 106 Å². The second kappa shape index (κ2) is 10.6. The van der Waals surface area contributed by atoms with Crippen LogP contribution in [0.1, 0.15) is 36.6 Å². The molecule has 0 aliphatic carbocycles. The Kier molecular flexibility index (Phi) is 7.75. The molecule has 3 atom stereocenters. The molecule has 0 aromatic heterocycles. The molecule has 0 spiro atoms. The predicted octanol–water partition coefficient (Wildman–Crippen LogP) is 2.80. The molecule has 35 heavy (non-hydrogen) atoms. The molecule has 1 fully saturated rings. The number of nitrogens with zero attached hydrogens (tertiary/aromatic N) is 2. The van der Waals surface area contributed by atoms with E-state index < -0.39 is 17.7 Å². The van der Waals surface area contributed by atoms with E-state index >= 15 is 8.78 Å². The summed E-state index contributed by atoms with van der Waals surface area (Å²) in [4.78, 5) is 4.07. The van der Waals surface area contributed by atoms with Crippen molar-refractivity contribution in [2.45, 2.75) is 38.4 Å². The quantitative estimate of drug-likeness (QED) is 0.242. The van der Waals surface area contributed by atoms with Crippen LogP contribution in [0.4, 0.5) is 24.5 Å². The van der Waals surface area contributed by atoms with Crippen LogP contribution in [-0.2, 0) is 6.42 Å². The van der Waals surface area contributed by atoms with Crippen molar-refractivity contribution in [2.24, 2.45) is 17.5 Å². The Morgan fingerprint density at radius 1 is 1.20 bits per heavy atom. The second-order valence-corrected chi connectivity index (χ2v) is 9.80. The highest BCUT2D eigenvalue weighted by atomic mass is 19.1. The van der Waals surface area contributed by atoms with Crippen LogP contribution in [0, 0.1) is 17.6 Å². The molecule has 2 aliphatic heterocycles. The summed E-state index contributed by atoms with van der Waals surface area (Å²) in [5.41, 5.74) is 17.6. The van der Waals surface area contributed by atoms with Crippen molar-refractivity contribution in [3.63, 3.8) is 0 Å². The van der Waals surface area contributed by atoms with Crippen LogP contribution in [0.3, 0.4) is 0 Å². The van der Waals surface area contributed by atoms with Crippen molar-refractivity contribution in [3.05, 3.63) is 52.6 Å². The van der Waals surface area contributed by atoms with Crippen molar-refractivity contribution < 1.29 is 17.9 Å². The first-order chi connectivity index (χ1) is 16.7. The molecule has 2 aromatic carbocycles. The number of nitrogens with one attached hydrogen (secondary N) is 1. The third kappa shape index (κ3) is 5.20. The van der Waals surface area contributed by atoms with Gasteiger partial charge in [-0.3, -0.25) is 20.0 Å². The smallest absolute Gasteiger partial charge is 0.134 e. The molecule has 2 aromatic rings. The second-order valence-electron chi connectivity index (χ2n) is 9.80. The number of nitrogens with two attached hydrogens (primary N) is 3. The zero-order valence-electron chi connectivity index (χ0n) is 20.2. The van der Waals surface area contributed by atoms with E-state index in [9.17, 15) is 4.39 Å². The number of hydrogen-bond acceptors (Lipinski definition) is 7. The summed E-state index contributed by atoms with van der Waals surface area (Å²) in [6.45, 7) is 6.20. The lowest BCUT2D eigenvalue weighted by Crippen LogP contribution is -2.49. The minimum atomic E-state index is -0.707. The first kappa shape index (κ1) is 25.6. The molecular weight excluding hydrogens is 457 g/mol. The molecular formula is C25H35F3N6O. The minimum Gasteiger partial charge on any atom is -0.492 e. The van der Waals surface area contributed by atoms with Gasteiger partial charge >= 0.3 is 0 Å². The number of likely N-dealkylation sites (tertiary alicyclic amines) is 1. The van der Waals surface area contributed by atoms with Gasteiger partial charge in [0.05, 0.1) is 24.1 Å². The lowest BCUT2D eigenvalue weighted by atomic mass is 9.83. The number of alkyl halides is 1. The van der Waals surface area contributed by atoms with E-state index in [-0.39, 0.29) is 42.6 Å². The van der Waals surface area contributed by atoms with E-state index in [0.29, 0.717) is 44.0 Å². The van der Waals surface area contributed by atoms with Gasteiger partial charge in [-0.15, -0.1) is 0 Å². The Labute approximate surface area is 204 Å². The van der Waals surface area contributed by atoms with Gasteiger partial charge in [-0.1, -0.05) is 6.07 Å². The molecule has 192 valence electrons. The molecule has 10 heteroatoms. The van der Waals surface area contributed by atoms with Crippen LogP contribution in [0.5, 0.6) is 5.75 Å². The third-order valence-corrected chi connectivity index (χ3v) is 6.99. The number of hydrogen-bond donors (Lipinski definition) is 4. The standard InChI is InChI=1S/C25H35F3N6O/c1-14(29)11-34-15(2)7-19-18(3-4-22(32-31)24(19)30)25(34)23-20(27)8-17(9-21(23)28)35-6-5-33-12-16(10-26)13-33/h3-4,8-9,14-16,25,32H,5-7,10-13,29-31H2,1-2H3. The zero-order valence-corrected chi connectivity index (χ0v) is 20.2. The van der Waals surface area contributed by atoms with Gasteiger partial charge in [0.1, 0.15) is 24.0 Å². The molecule has 4 rings (SSSR count). The van der Waals surface area contributed by atoms with Crippen molar-refractivity contribution >= 4 is 11.4 Å². The summed E-state index contributed by atoms with van der Waals surface area (Å²) < 4.78 is 49.3. The van der Waals surface area contributed by atoms with E-state index in [2.05, 4.69) is 5.43 Å². The summed E-state index contributed by atoms with van der Waals surface area (Å²) in [6.07, 6.45) is 0.601. The normalized spacial score (nSPS) is 21.9. The SMILES string of the molecule is CC(N)CN1C(C)Cc2c(ccc(NN)c2N)C1c1c(F)cc(OCCN2CC(CF)C2)cc1F. The number of benzene rings is 2. The van der Waals surface area contributed by atoms with Crippen LogP contribution in [0.25, 0.3) is 0 Å². The van der Waals surface area contributed by atoms with E-state index in [0.717, 1.165) is 11.1 Å². The van der Waals surface area contributed by atoms with Crippen LogP contribution in [0.15, 0.2) is 24.3 Å². The van der Waals surface area contributed by atoms with Gasteiger partial charge in [-0.25, -0.2) is 8.78 Å². The Hall–Kier alpha value is -2.53. The Balaban J connectivity index is 1.63.